The third-order valence-corrected chi connectivity index (χ3v) is 20.3. The first-order chi connectivity index (χ1) is 35.2. The van der Waals surface area contributed by atoms with Gasteiger partial charge in [0, 0.05) is 5.41 Å². The molecule has 13 N–H and O–H groups in total. The number of hydrogen-bond donors (Lipinski definition) is 13. The molecule has 0 radical (unpaired) electrons. The number of fused-ring (bicyclic) bond motifs is 5. The summed E-state index contributed by atoms with van der Waals surface area (Å²) in [5.74, 6) is -0.460. The predicted molar refractivity (Wildman–Crippen MR) is 259 cm³/mol. The van der Waals surface area contributed by atoms with Crippen molar-refractivity contribution in [2.24, 2.45) is 45.3 Å². The maximum Gasteiger partial charge on any atom is 0.187 e. The van der Waals surface area contributed by atoms with Crippen LogP contribution in [0.25, 0.3) is 0 Å². The minimum atomic E-state index is -1.86. The molecule has 28 unspecified atom stereocenters. The van der Waals surface area contributed by atoms with Crippen LogP contribution in [0.15, 0.2) is 11.6 Å². The van der Waals surface area contributed by atoms with Crippen LogP contribution in [0.3, 0.4) is 0 Å². The zero-order valence-electron chi connectivity index (χ0n) is 44.4. The first-order valence-electron chi connectivity index (χ1n) is 27.3. The molecule has 0 spiro atoms. The lowest BCUT2D eigenvalue weighted by Gasteiger charge is -2.69. The Bertz CT molecular complexity index is 1960. The van der Waals surface area contributed by atoms with E-state index < -0.39 is 159 Å². The third-order valence-electron chi connectivity index (χ3n) is 20.3. The van der Waals surface area contributed by atoms with Crippen molar-refractivity contribution in [3.63, 3.8) is 0 Å². The van der Waals surface area contributed by atoms with Crippen LogP contribution in [0.4, 0.5) is 0 Å². The van der Waals surface area contributed by atoms with E-state index in [1.165, 1.54) is 13.2 Å². The number of aliphatic hydroxyl groups is 13. The zero-order chi connectivity index (χ0) is 54.9. The first-order valence-corrected chi connectivity index (χ1v) is 27.3. The van der Waals surface area contributed by atoms with E-state index in [9.17, 15) is 71.2 Å². The van der Waals surface area contributed by atoms with E-state index in [1.54, 1.807) is 0 Å². The summed E-state index contributed by atoms with van der Waals surface area (Å²) in [6, 6.07) is 0. The summed E-state index contributed by atoms with van der Waals surface area (Å²) in [5, 5.41) is 140. The van der Waals surface area contributed by atoms with Crippen LogP contribution < -0.4 is 0 Å². The molecule has 8 fully saturated rings. The lowest BCUT2D eigenvalue weighted by atomic mass is 9.35. The number of rotatable bonds is 16. The highest BCUT2D eigenvalue weighted by molar-refractivity contribution is 5.62. The SMILES string of the molecule is CC(C)=CCCC(O)(COC1OC(CO)C(O)C(O)C1O)C1CCC2(C)C1CCC1C3(C=O)CCC(OC4OCC(O)C(OC5OC(CO)C(O)C(O)C5O)C4OC4OC(C)C(O)C(O)C4O)C(C)(C)C3CCC12C. The molecular weight excluding hydrogens is 989 g/mol. The molecule has 8 aliphatic rings. The summed E-state index contributed by atoms with van der Waals surface area (Å²) >= 11 is 0. The molecule has 75 heavy (non-hydrogen) atoms. The molecule has 4 aliphatic heterocycles. The van der Waals surface area contributed by atoms with E-state index in [4.69, 9.17) is 37.9 Å². The molecule has 0 aromatic carbocycles. The van der Waals surface area contributed by atoms with Gasteiger partial charge in [-0.3, -0.25) is 0 Å². The molecule has 0 amide bonds. The largest absolute Gasteiger partial charge is 0.394 e. The fourth-order valence-corrected chi connectivity index (χ4v) is 15.7. The number of aliphatic hydroxyl groups excluding tert-OH is 12. The zero-order valence-corrected chi connectivity index (χ0v) is 44.4. The maximum absolute atomic E-state index is 14.2. The highest BCUT2D eigenvalue weighted by Crippen LogP contribution is 2.76. The third kappa shape index (κ3) is 10.5. The predicted octanol–water partition coefficient (Wildman–Crippen LogP) is -1.36. The Kier molecular flexibility index (Phi) is 18.2. The molecule has 22 nitrogen and oxygen atoms in total. The van der Waals surface area contributed by atoms with Crippen LogP contribution >= 0.6 is 0 Å². The first kappa shape index (κ1) is 59.7. The van der Waals surface area contributed by atoms with Gasteiger partial charge in [-0.2, -0.15) is 0 Å². The van der Waals surface area contributed by atoms with E-state index in [0.717, 1.165) is 24.8 Å². The molecule has 0 aromatic heterocycles. The van der Waals surface area contributed by atoms with Gasteiger partial charge in [0.1, 0.15) is 91.7 Å². The fourth-order valence-electron chi connectivity index (χ4n) is 15.7. The standard InChI is InChI=1S/C53H88O22/c1-24(2)9-8-15-53(67,23-69-45-40(64)38(62)35(59)29(19-54)71-45)27-12-16-50(6)26(27)10-11-32-51(50,7)17-13-31-49(4,5)33(14-18-52(31,32)22-56)73-48-44(75-46-41(65)37(61)34(58)25(3)70-46)43(28(57)21-68-48)74-47-42(66)39(63)36(60)30(20-55)72-47/h9,22,25-48,54-55,57-67H,8,10-21,23H2,1-7H3. The molecule has 22 heteroatoms. The van der Waals surface area contributed by atoms with Gasteiger partial charge in [-0.1, -0.05) is 39.3 Å². The summed E-state index contributed by atoms with van der Waals surface area (Å²) in [7, 11) is 0. The quantitative estimate of drug-likeness (QED) is 0.0483. The molecule has 8 rings (SSSR count). The number of ether oxygens (including phenoxy) is 8. The minimum Gasteiger partial charge on any atom is -0.394 e. The van der Waals surface area contributed by atoms with Crippen LogP contribution in [0.1, 0.15) is 113 Å². The molecule has 28 atom stereocenters. The number of allylic oxidation sites excluding steroid dienone is 2. The normalized spacial score (nSPS) is 51.7. The molecule has 4 saturated heterocycles. The average molecular weight is 1080 g/mol. The second-order valence-corrected chi connectivity index (χ2v) is 24.8. The number of carbonyl (C=O) groups is 1. The Morgan fingerprint density at radius 2 is 1.20 bits per heavy atom. The average Bonchev–Trinajstić information content (AvgIpc) is 3.75. The van der Waals surface area contributed by atoms with Gasteiger partial charge < -0.3 is 109 Å². The fraction of sp³-hybridized carbons (Fsp3) is 0.943. The monoisotopic (exact) mass is 1080 g/mol. The topological polar surface area (TPSA) is 354 Å². The van der Waals surface area contributed by atoms with Crippen molar-refractivity contribution in [2.75, 3.05) is 26.4 Å². The highest BCUT2D eigenvalue weighted by atomic mass is 16.8. The van der Waals surface area contributed by atoms with Gasteiger partial charge in [-0.25, -0.2) is 0 Å². The lowest BCUT2D eigenvalue weighted by molar-refractivity contribution is -0.388. The van der Waals surface area contributed by atoms with Gasteiger partial charge in [0.25, 0.3) is 0 Å². The summed E-state index contributed by atoms with van der Waals surface area (Å²) in [4.78, 5) is 14.2. The Balaban J connectivity index is 1.03. The van der Waals surface area contributed by atoms with E-state index in [2.05, 4.69) is 33.8 Å². The van der Waals surface area contributed by atoms with Crippen molar-refractivity contribution in [1.29, 1.82) is 0 Å². The molecule has 0 bridgehead atoms. The second-order valence-electron chi connectivity index (χ2n) is 24.8. The van der Waals surface area contributed by atoms with Crippen LogP contribution in [-0.2, 0) is 42.7 Å². The van der Waals surface area contributed by atoms with Crippen LogP contribution in [-0.4, -0.2) is 228 Å². The maximum atomic E-state index is 14.2. The Morgan fingerprint density at radius 3 is 1.81 bits per heavy atom. The Labute approximate surface area is 438 Å². The minimum absolute atomic E-state index is 0.0229. The smallest absolute Gasteiger partial charge is 0.187 e. The molecule has 432 valence electrons. The number of carbonyl (C=O) groups excluding carboxylic acids is 1. The van der Waals surface area contributed by atoms with Gasteiger partial charge in [-0.05, 0) is 125 Å². The molecular formula is C53H88O22. The van der Waals surface area contributed by atoms with E-state index in [-0.39, 0.29) is 41.1 Å². The van der Waals surface area contributed by atoms with Gasteiger partial charge in [0.15, 0.2) is 25.2 Å². The van der Waals surface area contributed by atoms with Gasteiger partial charge >= 0.3 is 0 Å². The van der Waals surface area contributed by atoms with Crippen molar-refractivity contribution in [1.82, 2.24) is 0 Å². The molecule has 0 aromatic rings. The summed E-state index contributed by atoms with van der Waals surface area (Å²) < 4.78 is 48.9. The lowest BCUT2D eigenvalue weighted by Crippen LogP contribution is -2.67. The Hall–Kier alpha value is -1.43. The van der Waals surface area contributed by atoms with Crippen molar-refractivity contribution < 1.29 is 109 Å². The highest BCUT2D eigenvalue weighted by Gasteiger charge is 2.71. The van der Waals surface area contributed by atoms with Gasteiger partial charge in [0.2, 0.25) is 0 Å². The Morgan fingerprint density at radius 1 is 0.627 bits per heavy atom. The van der Waals surface area contributed by atoms with Crippen LogP contribution in [0.5, 0.6) is 0 Å². The van der Waals surface area contributed by atoms with Crippen molar-refractivity contribution in [3.8, 4) is 0 Å². The van der Waals surface area contributed by atoms with Crippen LogP contribution in [0, 0.1) is 45.3 Å². The van der Waals surface area contributed by atoms with E-state index >= 15 is 0 Å². The second kappa shape index (κ2) is 22.8. The summed E-state index contributed by atoms with van der Waals surface area (Å²) in [5.41, 5.74) is -2.48. The van der Waals surface area contributed by atoms with E-state index in [0.29, 0.717) is 44.9 Å². The van der Waals surface area contributed by atoms with Crippen molar-refractivity contribution in [3.05, 3.63) is 11.6 Å². The van der Waals surface area contributed by atoms with Crippen molar-refractivity contribution >= 4 is 6.29 Å². The molecule has 4 heterocycles. The van der Waals surface area contributed by atoms with Crippen molar-refractivity contribution in [2.45, 2.75) is 241 Å². The van der Waals surface area contributed by atoms with Gasteiger partial charge in [0.05, 0.1) is 44.2 Å². The summed E-state index contributed by atoms with van der Waals surface area (Å²) in [6.45, 7) is 12.2. The number of aldehydes is 1. The number of hydrogen-bond acceptors (Lipinski definition) is 22. The molecule has 4 aliphatic carbocycles. The molecule has 4 saturated carbocycles. The summed E-state index contributed by atoms with van der Waals surface area (Å²) in [6.07, 6.45) is -20.7. The van der Waals surface area contributed by atoms with Gasteiger partial charge in [-0.15, -0.1) is 0 Å². The van der Waals surface area contributed by atoms with E-state index in [1.807, 2.05) is 13.8 Å². The van der Waals surface area contributed by atoms with Crippen LogP contribution in [0.2, 0.25) is 0 Å².